The Balaban J connectivity index is 1.83. The van der Waals surface area contributed by atoms with E-state index in [1.807, 2.05) is 0 Å². The second kappa shape index (κ2) is 4.62. The summed E-state index contributed by atoms with van der Waals surface area (Å²) < 4.78 is 5.47. The molecule has 0 saturated carbocycles. The van der Waals surface area contributed by atoms with Crippen LogP contribution in [-0.2, 0) is 9.53 Å². The minimum atomic E-state index is 0.0816. The molecule has 0 bridgehead atoms. The number of hydrogen-bond acceptors (Lipinski definition) is 3. The third-order valence-corrected chi connectivity index (χ3v) is 3.73. The molecule has 2 rings (SSSR count). The van der Waals surface area contributed by atoms with Crippen molar-refractivity contribution in [3.63, 3.8) is 0 Å². The zero-order valence-electron chi connectivity index (χ0n) is 9.74. The molecular formula is C12H21NO2. The fourth-order valence-electron chi connectivity index (χ4n) is 2.85. The lowest BCUT2D eigenvalue weighted by molar-refractivity contribution is -0.147. The molecule has 3 atom stereocenters. The summed E-state index contributed by atoms with van der Waals surface area (Å²) in [6.07, 6.45) is 3.36. The summed E-state index contributed by atoms with van der Waals surface area (Å²) in [4.78, 5) is 14.2. The predicted octanol–water partition coefficient (Wildman–Crippen LogP) is 1.46. The molecule has 0 amide bonds. The zero-order valence-corrected chi connectivity index (χ0v) is 9.74. The van der Waals surface area contributed by atoms with Gasteiger partial charge in [0.1, 0.15) is 0 Å². The number of ether oxygens (including phenoxy) is 1. The third-order valence-electron chi connectivity index (χ3n) is 3.73. The Morgan fingerprint density at radius 2 is 2.27 bits per heavy atom. The second-order valence-electron chi connectivity index (χ2n) is 4.63. The van der Waals surface area contributed by atoms with E-state index in [1.165, 1.54) is 6.42 Å². The quantitative estimate of drug-likeness (QED) is 0.645. The van der Waals surface area contributed by atoms with Gasteiger partial charge in [-0.15, -0.1) is 0 Å². The zero-order chi connectivity index (χ0) is 10.8. The number of Topliss-reactive ketones (excluding diaryl/α,β-unsaturated/α-hetero) is 1. The van der Waals surface area contributed by atoms with Crippen LogP contribution in [0.15, 0.2) is 0 Å². The maximum atomic E-state index is 11.9. The lowest BCUT2D eigenvalue weighted by Gasteiger charge is -2.44. The second-order valence-corrected chi connectivity index (χ2v) is 4.63. The first-order valence-electron chi connectivity index (χ1n) is 6.16. The van der Waals surface area contributed by atoms with Gasteiger partial charge in [0, 0.05) is 13.2 Å². The van der Waals surface area contributed by atoms with E-state index in [9.17, 15) is 4.79 Å². The van der Waals surface area contributed by atoms with Crippen LogP contribution in [0, 0.1) is 5.92 Å². The molecular weight excluding hydrogens is 190 g/mol. The van der Waals surface area contributed by atoms with E-state index in [0.717, 1.165) is 26.0 Å². The van der Waals surface area contributed by atoms with Crippen LogP contribution in [0.4, 0.5) is 0 Å². The van der Waals surface area contributed by atoms with E-state index in [1.54, 1.807) is 0 Å². The van der Waals surface area contributed by atoms with Gasteiger partial charge in [0.15, 0.2) is 5.78 Å². The Labute approximate surface area is 91.8 Å². The lowest BCUT2D eigenvalue weighted by atomic mass is 9.85. The summed E-state index contributed by atoms with van der Waals surface area (Å²) in [5.41, 5.74) is 0. The molecule has 0 aliphatic carbocycles. The molecule has 86 valence electrons. The topological polar surface area (TPSA) is 29.5 Å². The minimum absolute atomic E-state index is 0.0816. The molecule has 0 aromatic heterocycles. The van der Waals surface area contributed by atoms with Gasteiger partial charge >= 0.3 is 0 Å². The van der Waals surface area contributed by atoms with Crippen LogP contribution < -0.4 is 0 Å². The Kier molecular flexibility index (Phi) is 3.42. The normalized spacial score (nSPS) is 35.3. The first-order valence-corrected chi connectivity index (χ1v) is 6.16. The minimum Gasteiger partial charge on any atom is -0.379 e. The average Bonchev–Trinajstić information content (AvgIpc) is 2.63. The summed E-state index contributed by atoms with van der Waals surface area (Å²) in [5.74, 6) is 1.04. The van der Waals surface area contributed by atoms with Gasteiger partial charge in [-0.3, -0.25) is 9.69 Å². The van der Waals surface area contributed by atoms with Crippen molar-refractivity contribution in [2.24, 2.45) is 5.92 Å². The standard InChI is InChI=1S/C12H21NO2/c1-3-7-15-8-10-12(14)11-9(4-2)5-6-13(10)11/h9-11H,3-8H2,1-2H3. The van der Waals surface area contributed by atoms with Gasteiger partial charge in [0.05, 0.1) is 18.7 Å². The van der Waals surface area contributed by atoms with Crippen molar-refractivity contribution in [1.82, 2.24) is 4.90 Å². The number of hydrogen-bond donors (Lipinski definition) is 0. The van der Waals surface area contributed by atoms with Crippen LogP contribution in [0.25, 0.3) is 0 Å². The number of carbonyl (C=O) groups excluding carboxylic acids is 1. The number of fused-ring (bicyclic) bond motifs is 1. The highest BCUT2D eigenvalue weighted by atomic mass is 16.5. The molecule has 2 aliphatic rings. The summed E-state index contributed by atoms with van der Waals surface area (Å²) in [5, 5.41) is 0. The van der Waals surface area contributed by atoms with E-state index >= 15 is 0 Å². The van der Waals surface area contributed by atoms with Crippen LogP contribution in [0.5, 0.6) is 0 Å². The number of rotatable bonds is 5. The summed E-state index contributed by atoms with van der Waals surface area (Å²) in [6, 6.07) is 0.323. The van der Waals surface area contributed by atoms with Gasteiger partial charge in [0.25, 0.3) is 0 Å². The van der Waals surface area contributed by atoms with E-state index in [2.05, 4.69) is 18.7 Å². The van der Waals surface area contributed by atoms with E-state index < -0.39 is 0 Å². The predicted molar refractivity (Wildman–Crippen MR) is 58.8 cm³/mol. The molecule has 3 nitrogen and oxygen atoms in total. The Morgan fingerprint density at radius 3 is 2.93 bits per heavy atom. The first kappa shape index (κ1) is 11.1. The number of carbonyl (C=O) groups is 1. The molecule has 3 heteroatoms. The van der Waals surface area contributed by atoms with Crippen molar-refractivity contribution < 1.29 is 9.53 Å². The van der Waals surface area contributed by atoms with Crippen molar-refractivity contribution in [1.29, 1.82) is 0 Å². The van der Waals surface area contributed by atoms with Crippen LogP contribution >= 0.6 is 0 Å². The number of ketones is 1. The van der Waals surface area contributed by atoms with Gasteiger partial charge in [-0.2, -0.15) is 0 Å². The Hall–Kier alpha value is -0.410. The van der Waals surface area contributed by atoms with Crippen molar-refractivity contribution in [3.8, 4) is 0 Å². The highest BCUT2D eigenvalue weighted by Gasteiger charge is 2.53. The molecule has 0 aromatic rings. The van der Waals surface area contributed by atoms with Gasteiger partial charge in [0.2, 0.25) is 0 Å². The van der Waals surface area contributed by atoms with E-state index in [0.29, 0.717) is 18.3 Å². The third kappa shape index (κ3) is 1.83. The average molecular weight is 211 g/mol. The molecule has 0 radical (unpaired) electrons. The monoisotopic (exact) mass is 211 g/mol. The fraction of sp³-hybridized carbons (Fsp3) is 0.917. The molecule has 2 saturated heterocycles. The Bertz CT molecular complexity index is 242. The lowest BCUT2D eigenvalue weighted by Crippen LogP contribution is -2.65. The molecule has 2 heterocycles. The molecule has 2 aliphatic heterocycles. The smallest absolute Gasteiger partial charge is 0.169 e. The SMILES string of the molecule is CCCOCC1C(=O)C2C(CC)CCN12. The molecule has 15 heavy (non-hydrogen) atoms. The molecule has 3 unspecified atom stereocenters. The van der Waals surface area contributed by atoms with Gasteiger partial charge in [-0.05, 0) is 18.8 Å². The molecule has 0 aromatic carbocycles. The fourth-order valence-corrected chi connectivity index (χ4v) is 2.85. The van der Waals surface area contributed by atoms with Crippen molar-refractivity contribution >= 4 is 5.78 Å². The highest BCUT2D eigenvalue weighted by molar-refractivity contribution is 5.95. The van der Waals surface area contributed by atoms with Crippen molar-refractivity contribution in [2.75, 3.05) is 19.8 Å². The van der Waals surface area contributed by atoms with Crippen LogP contribution in [-0.4, -0.2) is 42.5 Å². The van der Waals surface area contributed by atoms with E-state index in [4.69, 9.17) is 4.74 Å². The summed E-state index contributed by atoms with van der Waals surface area (Å²) >= 11 is 0. The van der Waals surface area contributed by atoms with Crippen LogP contribution in [0.1, 0.15) is 33.1 Å². The number of nitrogens with zero attached hydrogens (tertiary/aromatic N) is 1. The molecule has 0 N–H and O–H groups in total. The maximum Gasteiger partial charge on any atom is 0.169 e. The highest BCUT2D eigenvalue weighted by Crippen LogP contribution is 2.37. The summed E-state index contributed by atoms with van der Waals surface area (Å²) in [6.45, 7) is 6.75. The van der Waals surface area contributed by atoms with Crippen molar-refractivity contribution in [2.45, 2.75) is 45.2 Å². The van der Waals surface area contributed by atoms with E-state index in [-0.39, 0.29) is 12.1 Å². The van der Waals surface area contributed by atoms with Crippen LogP contribution in [0.2, 0.25) is 0 Å². The molecule has 2 fully saturated rings. The van der Waals surface area contributed by atoms with Crippen LogP contribution in [0.3, 0.4) is 0 Å². The van der Waals surface area contributed by atoms with Gasteiger partial charge in [-0.1, -0.05) is 20.3 Å². The molecule has 0 spiro atoms. The Morgan fingerprint density at radius 1 is 1.47 bits per heavy atom. The van der Waals surface area contributed by atoms with Gasteiger partial charge in [-0.25, -0.2) is 0 Å². The summed E-state index contributed by atoms with van der Waals surface area (Å²) in [7, 11) is 0. The first-order chi connectivity index (χ1) is 7.29. The maximum absolute atomic E-state index is 11.9. The van der Waals surface area contributed by atoms with Gasteiger partial charge < -0.3 is 4.74 Å². The van der Waals surface area contributed by atoms with Crippen molar-refractivity contribution in [3.05, 3.63) is 0 Å². The largest absolute Gasteiger partial charge is 0.379 e.